The van der Waals surface area contributed by atoms with Gasteiger partial charge in [0.05, 0.1) is 20.9 Å². The number of azo groups is 1. The third-order valence-electron chi connectivity index (χ3n) is 6.42. The van der Waals surface area contributed by atoms with E-state index in [1.807, 2.05) is 0 Å². The van der Waals surface area contributed by atoms with E-state index < -0.39 is 67.9 Å². The first-order valence-corrected chi connectivity index (χ1v) is 17.6. The van der Waals surface area contributed by atoms with Crippen LogP contribution in [0.4, 0.5) is 17.1 Å². The Morgan fingerprint density at radius 2 is 1.43 bits per heavy atom. The summed E-state index contributed by atoms with van der Waals surface area (Å²) in [6.07, 6.45) is 0. The molecule has 0 atom stereocenters. The van der Waals surface area contributed by atoms with Gasteiger partial charge in [-0.15, -0.1) is 10.2 Å². The molecule has 0 unspecified atom stereocenters. The summed E-state index contributed by atoms with van der Waals surface area (Å²) in [4.78, 5) is -2.10. The number of hydrogen-bond acceptors (Lipinski definition) is 10. The molecule has 0 bridgehead atoms. The normalized spacial score (nSPS) is 12.4. The number of anilines is 1. The van der Waals surface area contributed by atoms with E-state index in [1.54, 1.807) is 37.3 Å². The molecule has 0 saturated carbocycles. The predicted molar refractivity (Wildman–Crippen MR) is 169 cm³/mol. The van der Waals surface area contributed by atoms with Gasteiger partial charge in [-0.2, -0.15) is 16.8 Å². The molecule has 0 radical (unpaired) electrons. The maximum Gasteiger partial charge on any atom is 0.296 e. The number of hydrogen-bond donors (Lipinski definition) is 4. The summed E-state index contributed by atoms with van der Waals surface area (Å²) in [5.41, 5.74) is -0.687. The van der Waals surface area contributed by atoms with Crippen molar-refractivity contribution in [2.24, 2.45) is 10.2 Å². The molecule has 46 heavy (non-hydrogen) atoms. The van der Waals surface area contributed by atoms with Crippen molar-refractivity contribution in [1.29, 1.82) is 0 Å². The van der Waals surface area contributed by atoms with E-state index in [0.717, 1.165) is 23.8 Å². The lowest BCUT2D eigenvalue weighted by Gasteiger charge is -2.16. The number of phenols is 1. The Morgan fingerprint density at radius 1 is 0.761 bits per heavy atom. The molecule has 17 heteroatoms. The number of nitrogens with one attached hydrogen (secondary N) is 1. The third kappa shape index (κ3) is 7.12. The summed E-state index contributed by atoms with van der Waals surface area (Å²) in [5.74, 6) is -0.476. The molecule has 0 heterocycles. The molecular weight excluding hydrogens is 682 g/mol. The maximum atomic E-state index is 13.3. The van der Waals surface area contributed by atoms with Gasteiger partial charge in [-0.3, -0.25) is 13.8 Å². The second-order valence-corrected chi connectivity index (χ2v) is 14.7. The quantitative estimate of drug-likeness (QED) is 0.0911. The van der Waals surface area contributed by atoms with Crippen LogP contribution in [0.5, 0.6) is 17.2 Å². The zero-order valence-corrected chi connectivity index (χ0v) is 26.6. The van der Waals surface area contributed by atoms with Crippen molar-refractivity contribution in [1.82, 2.24) is 0 Å². The van der Waals surface area contributed by atoms with Gasteiger partial charge in [-0.05, 0) is 73.0 Å². The monoisotopic (exact) mass is 703 g/mol. The number of rotatable bonds is 9. The number of halogens is 1. The Hall–Kier alpha value is -4.58. The van der Waals surface area contributed by atoms with Crippen molar-refractivity contribution in [2.45, 2.75) is 21.6 Å². The van der Waals surface area contributed by atoms with E-state index in [4.69, 9.17) is 16.3 Å². The fourth-order valence-electron chi connectivity index (χ4n) is 4.28. The van der Waals surface area contributed by atoms with Crippen LogP contribution < -0.4 is 9.46 Å². The number of ether oxygens (including phenoxy) is 1. The highest BCUT2D eigenvalue weighted by Crippen LogP contribution is 2.46. The molecular formula is C29H22ClN3O10S3. The molecule has 5 aromatic carbocycles. The molecule has 5 aromatic rings. The summed E-state index contributed by atoms with van der Waals surface area (Å²) in [6.45, 7) is 1.73. The highest BCUT2D eigenvalue weighted by molar-refractivity contribution is 7.92. The molecule has 238 valence electrons. The lowest BCUT2D eigenvalue weighted by molar-refractivity contribution is 0.472. The van der Waals surface area contributed by atoms with E-state index in [9.17, 15) is 39.5 Å². The fourth-order valence-corrected chi connectivity index (χ4v) is 6.71. The lowest BCUT2D eigenvalue weighted by atomic mass is 10.1. The first-order valence-electron chi connectivity index (χ1n) is 12.9. The molecule has 0 aliphatic heterocycles. The minimum atomic E-state index is -5.18. The van der Waals surface area contributed by atoms with Crippen LogP contribution in [0.15, 0.2) is 116 Å². The van der Waals surface area contributed by atoms with Crippen LogP contribution in [0.3, 0.4) is 0 Å². The number of fused-ring (bicyclic) bond motifs is 1. The summed E-state index contributed by atoms with van der Waals surface area (Å²) < 4.78 is 103. The maximum absolute atomic E-state index is 13.3. The number of benzene rings is 5. The number of nitrogens with zero attached hydrogens (tertiary/aromatic N) is 2. The molecule has 0 aliphatic rings. The number of para-hydroxylation sites is 1. The Morgan fingerprint density at radius 3 is 2.07 bits per heavy atom. The van der Waals surface area contributed by atoms with Gasteiger partial charge in [0.15, 0.2) is 11.5 Å². The largest absolute Gasteiger partial charge is 0.505 e. The molecule has 5 rings (SSSR count). The van der Waals surface area contributed by atoms with Crippen LogP contribution in [-0.4, -0.2) is 39.5 Å². The van der Waals surface area contributed by atoms with Crippen molar-refractivity contribution >= 4 is 69.7 Å². The van der Waals surface area contributed by atoms with Crippen LogP contribution in [0, 0.1) is 6.92 Å². The lowest BCUT2D eigenvalue weighted by Crippen LogP contribution is -2.14. The minimum absolute atomic E-state index is 0.0286. The summed E-state index contributed by atoms with van der Waals surface area (Å²) in [5, 5.41) is 18.6. The number of aromatic hydroxyl groups is 1. The van der Waals surface area contributed by atoms with Gasteiger partial charge in [0.25, 0.3) is 30.3 Å². The van der Waals surface area contributed by atoms with E-state index in [-0.39, 0.29) is 21.4 Å². The van der Waals surface area contributed by atoms with Gasteiger partial charge in [0.1, 0.15) is 22.0 Å². The summed E-state index contributed by atoms with van der Waals surface area (Å²) in [6, 6.07) is 20.6. The molecule has 4 N–H and O–H groups in total. The van der Waals surface area contributed by atoms with Gasteiger partial charge in [0, 0.05) is 5.02 Å². The van der Waals surface area contributed by atoms with E-state index >= 15 is 0 Å². The zero-order chi connectivity index (χ0) is 33.4. The predicted octanol–water partition coefficient (Wildman–Crippen LogP) is 7.01. The zero-order valence-electron chi connectivity index (χ0n) is 23.4. The van der Waals surface area contributed by atoms with Crippen molar-refractivity contribution in [2.75, 3.05) is 4.72 Å². The second kappa shape index (κ2) is 12.3. The highest BCUT2D eigenvalue weighted by Gasteiger charge is 2.27. The first kappa shape index (κ1) is 32.8. The fraction of sp³-hybridized carbons (Fsp3) is 0.0345. The highest BCUT2D eigenvalue weighted by atomic mass is 35.5. The molecule has 0 spiro atoms. The van der Waals surface area contributed by atoms with Crippen molar-refractivity contribution in [3.63, 3.8) is 0 Å². The minimum Gasteiger partial charge on any atom is -0.505 e. The van der Waals surface area contributed by atoms with Crippen molar-refractivity contribution < 1.29 is 44.2 Å². The summed E-state index contributed by atoms with van der Waals surface area (Å²) in [7, 11) is -14.6. The molecule has 0 fully saturated rings. The van der Waals surface area contributed by atoms with Gasteiger partial charge < -0.3 is 9.84 Å². The second-order valence-electron chi connectivity index (χ2n) is 9.74. The molecule has 0 amide bonds. The molecule has 0 aromatic heterocycles. The SMILES string of the molecule is Cc1ccc(S(=O)(=O)Nc2cc(S(=O)(=O)O)cc3cc(S(=O)(=O)O)c(/N=N\c4cc(Cl)ccc4Oc4ccccc4)c(O)c23)cc1. The average Bonchev–Trinajstić information content (AvgIpc) is 2.97. The Bertz CT molecular complexity index is 2350. The van der Waals surface area contributed by atoms with E-state index in [2.05, 4.69) is 15.0 Å². The Balaban J connectivity index is 1.74. The molecule has 0 aliphatic carbocycles. The van der Waals surface area contributed by atoms with Crippen LogP contribution in [0.1, 0.15) is 5.56 Å². The topological polar surface area (TPSA) is 209 Å². The van der Waals surface area contributed by atoms with Crippen LogP contribution >= 0.6 is 11.6 Å². The number of aryl methyl sites for hydroxylation is 1. The standard InChI is InChI=1S/C29H22ClN3O10S3/c1-17-7-10-21(11-8-17)44(35,36)33-24-16-22(45(37,38)39)13-18-14-26(46(40,41)42)28(29(34)27(18)24)32-31-23-15-19(30)9-12-25(23)43-20-5-3-2-4-6-20/h2-16,33-34H,1H3,(H,37,38,39)(H,40,41,42)/b32-31-. The van der Waals surface area contributed by atoms with E-state index in [1.165, 1.54) is 42.5 Å². The van der Waals surface area contributed by atoms with Crippen molar-refractivity contribution in [3.8, 4) is 17.2 Å². The molecule has 13 nitrogen and oxygen atoms in total. The Labute approximate surface area is 268 Å². The van der Waals surface area contributed by atoms with Crippen molar-refractivity contribution in [3.05, 3.63) is 102 Å². The van der Waals surface area contributed by atoms with Gasteiger partial charge >= 0.3 is 0 Å². The smallest absolute Gasteiger partial charge is 0.296 e. The number of phenolic OH excluding ortho intramolecular Hbond substituents is 1. The van der Waals surface area contributed by atoms with Crippen LogP contribution in [0.25, 0.3) is 10.8 Å². The average molecular weight is 704 g/mol. The number of sulfonamides is 1. The van der Waals surface area contributed by atoms with Gasteiger partial charge in [0.2, 0.25) is 0 Å². The van der Waals surface area contributed by atoms with E-state index in [0.29, 0.717) is 5.75 Å². The van der Waals surface area contributed by atoms with Crippen LogP contribution in [-0.2, 0) is 30.3 Å². The summed E-state index contributed by atoms with van der Waals surface area (Å²) >= 11 is 6.13. The molecule has 0 saturated heterocycles. The third-order valence-corrected chi connectivity index (χ3v) is 9.74. The first-order chi connectivity index (χ1) is 21.5. The Kier molecular flexibility index (Phi) is 8.78. The van der Waals surface area contributed by atoms with Gasteiger partial charge in [-0.25, -0.2) is 8.42 Å². The van der Waals surface area contributed by atoms with Gasteiger partial charge in [-0.1, -0.05) is 47.5 Å². The van der Waals surface area contributed by atoms with Crippen LogP contribution in [0.2, 0.25) is 5.02 Å².